The zero-order valence-corrected chi connectivity index (χ0v) is 11.2. The summed E-state index contributed by atoms with van der Waals surface area (Å²) in [5.41, 5.74) is -0.364. The van der Waals surface area contributed by atoms with Crippen molar-refractivity contribution in [3.05, 3.63) is 0 Å². The minimum absolute atomic E-state index is 0.0174. The second kappa shape index (κ2) is 3.70. The van der Waals surface area contributed by atoms with Gasteiger partial charge in [0.05, 0.1) is 0 Å². The smallest absolute Gasteiger partial charge is 0.323 e. The number of urea groups is 1. The Morgan fingerprint density at radius 1 is 1.22 bits per heavy atom. The fourth-order valence-electron chi connectivity index (χ4n) is 3.24. The third-order valence-corrected chi connectivity index (χ3v) is 4.56. The quantitative estimate of drug-likeness (QED) is 0.752. The van der Waals surface area contributed by atoms with Gasteiger partial charge < -0.3 is 10.2 Å². The molecule has 5 nitrogen and oxygen atoms in total. The molecule has 100 valence electrons. The van der Waals surface area contributed by atoms with E-state index in [1.165, 1.54) is 4.90 Å². The summed E-state index contributed by atoms with van der Waals surface area (Å²) in [7, 11) is 4.08. The number of carbonyl (C=O) groups is 2. The molecule has 1 N–H and O–H groups in total. The molecule has 0 aromatic rings. The highest BCUT2D eigenvalue weighted by atomic mass is 16.2. The molecule has 3 aliphatic rings. The maximum atomic E-state index is 12.3. The van der Waals surface area contributed by atoms with E-state index in [2.05, 4.69) is 10.2 Å². The van der Waals surface area contributed by atoms with Gasteiger partial charge in [-0.3, -0.25) is 9.69 Å². The van der Waals surface area contributed by atoms with Crippen molar-refractivity contribution in [2.45, 2.75) is 37.6 Å². The molecule has 1 aliphatic heterocycles. The van der Waals surface area contributed by atoms with Gasteiger partial charge in [-0.1, -0.05) is 0 Å². The third-order valence-electron chi connectivity index (χ3n) is 4.56. The number of nitrogens with zero attached hydrogens (tertiary/aromatic N) is 2. The normalized spacial score (nSPS) is 27.6. The molecule has 1 heterocycles. The van der Waals surface area contributed by atoms with Crippen molar-refractivity contribution >= 4 is 11.9 Å². The summed E-state index contributed by atoms with van der Waals surface area (Å²) in [5.74, 6) is 0.0174. The number of nitrogens with one attached hydrogen (secondary N) is 1. The Morgan fingerprint density at radius 2 is 1.89 bits per heavy atom. The second-order valence-corrected chi connectivity index (χ2v) is 6.49. The van der Waals surface area contributed by atoms with Crippen LogP contribution in [0.3, 0.4) is 0 Å². The average molecular weight is 251 g/mol. The molecule has 3 amide bonds. The molecule has 2 aliphatic carbocycles. The molecule has 0 bridgehead atoms. The van der Waals surface area contributed by atoms with Gasteiger partial charge in [-0.25, -0.2) is 4.79 Å². The first-order valence-corrected chi connectivity index (χ1v) is 6.75. The van der Waals surface area contributed by atoms with E-state index in [9.17, 15) is 9.59 Å². The van der Waals surface area contributed by atoms with Crippen LogP contribution in [0.5, 0.6) is 0 Å². The van der Waals surface area contributed by atoms with Crippen molar-refractivity contribution in [1.29, 1.82) is 0 Å². The molecule has 5 heteroatoms. The van der Waals surface area contributed by atoms with E-state index in [1.807, 2.05) is 14.1 Å². The predicted molar refractivity (Wildman–Crippen MR) is 67.0 cm³/mol. The second-order valence-electron chi connectivity index (χ2n) is 6.49. The van der Waals surface area contributed by atoms with Gasteiger partial charge in [-0.05, 0) is 46.2 Å². The highest BCUT2D eigenvalue weighted by Crippen LogP contribution is 2.48. The predicted octanol–water partition coefficient (Wildman–Crippen LogP) is 0.803. The maximum absolute atomic E-state index is 12.3. The van der Waals surface area contributed by atoms with Gasteiger partial charge in [-0.15, -0.1) is 0 Å². The average Bonchev–Trinajstić information content (AvgIpc) is 2.92. The highest BCUT2D eigenvalue weighted by molar-refractivity contribution is 6.07. The lowest BCUT2D eigenvalue weighted by atomic mass is 9.77. The van der Waals surface area contributed by atoms with Crippen molar-refractivity contribution in [2.75, 3.05) is 27.2 Å². The molecule has 3 rings (SSSR count). The van der Waals surface area contributed by atoms with Crippen molar-refractivity contribution in [3.63, 3.8) is 0 Å². The van der Waals surface area contributed by atoms with E-state index < -0.39 is 5.54 Å². The number of hydrogen-bond donors (Lipinski definition) is 1. The first kappa shape index (κ1) is 12.0. The summed E-state index contributed by atoms with van der Waals surface area (Å²) in [6.45, 7) is 1.55. The van der Waals surface area contributed by atoms with E-state index in [0.717, 1.165) is 38.6 Å². The van der Waals surface area contributed by atoms with E-state index in [-0.39, 0.29) is 17.4 Å². The molecule has 1 saturated heterocycles. The van der Waals surface area contributed by atoms with Crippen LogP contribution in [0.25, 0.3) is 0 Å². The number of hydrogen-bond acceptors (Lipinski definition) is 3. The Hall–Kier alpha value is -1.10. The maximum Gasteiger partial charge on any atom is 0.325 e. The fraction of sp³-hybridized carbons (Fsp3) is 0.846. The molecular formula is C13H21N3O2. The van der Waals surface area contributed by atoms with Crippen LogP contribution in [0.15, 0.2) is 0 Å². The summed E-state index contributed by atoms with van der Waals surface area (Å²) in [4.78, 5) is 27.9. The fourth-order valence-corrected chi connectivity index (χ4v) is 3.24. The van der Waals surface area contributed by atoms with Crippen molar-refractivity contribution in [1.82, 2.24) is 15.1 Å². The Balaban J connectivity index is 1.70. The molecule has 3 fully saturated rings. The number of carbonyl (C=O) groups excluding carboxylic acids is 2. The Kier molecular flexibility index (Phi) is 2.46. The van der Waals surface area contributed by atoms with Gasteiger partial charge in [0.15, 0.2) is 0 Å². The summed E-state index contributed by atoms with van der Waals surface area (Å²) in [6.07, 6.45) is 4.91. The van der Waals surface area contributed by atoms with Crippen molar-refractivity contribution in [2.24, 2.45) is 5.41 Å². The minimum atomic E-state index is -0.523. The van der Waals surface area contributed by atoms with Crippen LogP contribution in [0.4, 0.5) is 4.79 Å². The molecule has 0 aromatic heterocycles. The monoisotopic (exact) mass is 251 g/mol. The summed E-state index contributed by atoms with van der Waals surface area (Å²) in [5, 5.41) is 2.89. The van der Waals surface area contributed by atoms with E-state index in [0.29, 0.717) is 6.54 Å². The third kappa shape index (κ3) is 1.72. The summed E-state index contributed by atoms with van der Waals surface area (Å²) >= 11 is 0. The van der Waals surface area contributed by atoms with Crippen LogP contribution in [-0.4, -0.2) is 54.5 Å². The van der Waals surface area contributed by atoms with Crippen LogP contribution in [0.2, 0.25) is 0 Å². The first-order chi connectivity index (χ1) is 8.46. The van der Waals surface area contributed by atoms with Crippen LogP contribution >= 0.6 is 0 Å². The van der Waals surface area contributed by atoms with Crippen LogP contribution in [0, 0.1) is 5.41 Å². The zero-order valence-electron chi connectivity index (χ0n) is 11.2. The Labute approximate surface area is 107 Å². The lowest BCUT2D eigenvalue weighted by Gasteiger charge is -2.35. The first-order valence-electron chi connectivity index (χ1n) is 6.75. The molecule has 0 radical (unpaired) electrons. The van der Waals surface area contributed by atoms with E-state index in [1.54, 1.807) is 0 Å². The lowest BCUT2D eigenvalue weighted by molar-refractivity contribution is -0.134. The molecule has 0 unspecified atom stereocenters. The van der Waals surface area contributed by atoms with Crippen molar-refractivity contribution in [3.8, 4) is 0 Å². The van der Waals surface area contributed by atoms with Gasteiger partial charge in [0.1, 0.15) is 5.54 Å². The zero-order chi connectivity index (χ0) is 13.0. The van der Waals surface area contributed by atoms with Gasteiger partial charge in [0, 0.05) is 18.5 Å². The van der Waals surface area contributed by atoms with Crippen LogP contribution in [-0.2, 0) is 4.79 Å². The molecule has 18 heavy (non-hydrogen) atoms. The van der Waals surface area contributed by atoms with Gasteiger partial charge in [-0.2, -0.15) is 0 Å². The summed E-state index contributed by atoms with van der Waals surface area (Å²) < 4.78 is 0. The van der Waals surface area contributed by atoms with Crippen molar-refractivity contribution < 1.29 is 9.59 Å². The summed E-state index contributed by atoms with van der Waals surface area (Å²) in [6, 6.07) is -0.176. The van der Waals surface area contributed by atoms with Crippen LogP contribution in [0.1, 0.15) is 32.1 Å². The highest BCUT2D eigenvalue weighted by Gasteiger charge is 2.57. The van der Waals surface area contributed by atoms with Gasteiger partial charge in [0.2, 0.25) is 0 Å². The minimum Gasteiger partial charge on any atom is -0.323 e. The Bertz CT molecular complexity index is 397. The molecule has 0 atom stereocenters. The van der Waals surface area contributed by atoms with E-state index in [4.69, 9.17) is 0 Å². The molecule has 0 aromatic carbocycles. The standard InChI is InChI=1S/C13H21N3O2/c1-15(2)8-12(6-7-12)9-16-10(17)13(4-3-5-13)14-11(16)18/h3-9H2,1-2H3,(H,14,18). The molecular weight excluding hydrogens is 230 g/mol. The number of amides is 3. The van der Waals surface area contributed by atoms with Gasteiger partial charge >= 0.3 is 6.03 Å². The number of imide groups is 1. The molecule has 1 spiro atoms. The largest absolute Gasteiger partial charge is 0.325 e. The van der Waals surface area contributed by atoms with Gasteiger partial charge in [0.25, 0.3) is 5.91 Å². The lowest BCUT2D eigenvalue weighted by Crippen LogP contribution is -2.52. The topological polar surface area (TPSA) is 52.6 Å². The Morgan fingerprint density at radius 3 is 2.28 bits per heavy atom. The van der Waals surface area contributed by atoms with E-state index >= 15 is 0 Å². The van der Waals surface area contributed by atoms with Crippen LogP contribution < -0.4 is 5.32 Å². The molecule has 2 saturated carbocycles. The number of rotatable bonds is 4. The SMILES string of the molecule is CN(C)CC1(CN2C(=O)NC3(CCC3)C2=O)CC1.